The average Bonchev–Trinajstić information content (AvgIpc) is 2.53. The summed E-state index contributed by atoms with van der Waals surface area (Å²) < 4.78 is 0. The molecule has 110 valence electrons. The van der Waals surface area contributed by atoms with E-state index in [2.05, 4.69) is 54.2 Å². The Morgan fingerprint density at radius 3 is 2.62 bits per heavy atom. The lowest BCUT2D eigenvalue weighted by molar-refractivity contribution is 0.867. The minimum absolute atomic E-state index is 0.604. The zero-order valence-corrected chi connectivity index (χ0v) is 13.0. The van der Waals surface area contributed by atoms with Gasteiger partial charge in [0.05, 0.1) is 16.8 Å². The van der Waals surface area contributed by atoms with Crippen LogP contribution in [0.2, 0.25) is 0 Å². The molecule has 1 aromatic carbocycles. The highest BCUT2D eigenvalue weighted by Crippen LogP contribution is 2.29. The maximum absolute atomic E-state index is 9.31. The van der Waals surface area contributed by atoms with Crippen LogP contribution in [0.3, 0.4) is 0 Å². The molecule has 0 radical (unpaired) electrons. The van der Waals surface area contributed by atoms with Gasteiger partial charge in [0.15, 0.2) is 0 Å². The number of anilines is 2. The number of nitrogens with one attached hydrogen (secondary N) is 1. The SMILES string of the molecule is CCCNc1c(C#N)cnc2ccc(N(CC)CC)cc12. The third-order valence-corrected chi connectivity index (χ3v) is 3.65. The van der Waals surface area contributed by atoms with Crippen molar-refractivity contribution in [3.63, 3.8) is 0 Å². The van der Waals surface area contributed by atoms with E-state index in [1.165, 1.54) is 5.69 Å². The van der Waals surface area contributed by atoms with Crippen LogP contribution in [0.4, 0.5) is 11.4 Å². The summed E-state index contributed by atoms with van der Waals surface area (Å²) in [4.78, 5) is 6.69. The van der Waals surface area contributed by atoms with Crippen molar-refractivity contribution in [1.82, 2.24) is 4.98 Å². The molecule has 0 saturated heterocycles. The third-order valence-electron chi connectivity index (χ3n) is 3.65. The second-order valence-electron chi connectivity index (χ2n) is 4.96. The summed E-state index contributed by atoms with van der Waals surface area (Å²) in [6.45, 7) is 9.19. The number of aromatic nitrogens is 1. The van der Waals surface area contributed by atoms with Crippen LogP contribution in [-0.4, -0.2) is 24.6 Å². The summed E-state index contributed by atoms with van der Waals surface area (Å²) in [6, 6.07) is 8.49. The van der Waals surface area contributed by atoms with Crippen LogP contribution in [0.1, 0.15) is 32.8 Å². The van der Waals surface area contributed by atoms with Gasteiger partial charge >= 0.3 is 0 Å². The fourth-order valence-electron chi connectivity index (χ4n) is 2.49. The largest absolute Gasteiger partial charge is 0.383 e. The molecule has 4 nitrogen and oxygen atoms in total. The molecule has 0 spiro atoms. The molecule has 0 atom stereocenters. The summed E-state index contributed by atoms with van der Waals surface area (Å²) in [5, 5.41) is 13.7. The lowest BCUT2D eigenvalue weighted by Crippen LogP contribution is -2.21. The van der Waals surface area contributed by atoms with Gasteiger partial charge in [-0.2, -0.15) is 5.26 Å². The Kier molecular flexibility index (Phi) is 4.99. The molecule has 0 amide bonds. The Labute approximate surface area is 126 Å². The monoisotopic (exact) mass is 282 g/mol. The predicted molar refractivity (Wildman–Crippen MR) is 88.8 cm³/mol. The lowest BCUT2D eigenvalue weighted by atomic mass is 10.1. The van der Waals surface area contributed by atoms with Gasteiger partial charge in [-0.1, -0.05) is 6.92 Å². The van der Waals surface area contributed by atoms with Crippen molar-refractivity contribution in [1.29, 1.82) is 5.26 Å². The first-order chi connectivity index (χ1) is 10.2. The standard InChI is InChI=1S/C17H22N4/c1-4-9-19-17-13(11-18)12-20-16-8-7-14(10-15(16)17)21(5-2)6-3/h7-8,10,12H,4-6,9H2,1-3H3,(H,19,20). The molecule has 0 unspecified atom stereocenters. The van der Waals surface area contributed by atoms with Gasteiger partial charge in [0.25, 0.3) is 0 Å². The van der Waals surface area contributed by atoms with E-state index in [0.29, 0.717) is 5.56 Å². The molecule has 1 N–H and O–H groups in total. The maximum Gasteiger partial charge on any atom is 0.103 e. The lowest BCUT2D eigenvalue weighted by Gasteiger charge is -2.22. The number of hydrogen-bond acceptors (Lipinski definition) is 4. The zero-order valence-electron chi connectivity index (χ0n) is 13.0. The molecule has 21 heavy (non-hydrogen) atoms. The van der Waals surface area contributed by atoms with E-state index in [9.17, 15) is 5.26 Å². The van der Waals surface area contributed by atoms with Gasteiger partial charge in [0.2, 0.25) is 0 Å². The van der Waals surface area contributed by atoms with E-state index in [-0.39, 0.29) is 0 Å². The second-order valence-corrected chi connectivity index (χ2v) is 4.96. The molecular formula is C17H22N4. The Balaban J connectivity index is 2.59. The number of fused-ring (bicyclic) bond motifs is 1. The van der Waals surface area contributed by atoms with Crippen molar-refractivity contribution in [2.75, 3.05) is 29.9 Å². The van der Waals surface area contributed by atoms with Crippen molar-refractivity contribution in [2.24, 2.45) is 0 Å². The first-order valence-electron chi connectivity index (χ1n) is 7.56. The first kappa shape index (κ1) is 15.1. The number of nitriles is 1. The van der Waals surface area contributed by atoms with E-state index >= 15 is 0 Å². The van der Waals surface area contributed by atoms with Gasteiger partial charge in [0, 0.05) is 36.9 Å². The molecular weight excluding hydrogens is 260 g/mol. The molecule has 0 bridgehead atoms. The van der Waals surface area contributed by atoms with Crippen LogP contribution >= 0.6 is 0 Å². The van der Waals surface area contributed by atoms with Crippen LogP contribution in [0.5, 0.6) is 0 Å². The number of pyridine rings is 1. The Bertz CT molecular complexity index is 654. The molecule has 0 aliphatic rings. The van der Waals surface area contributed by atoms with Crippen molar-refractivity contribution in [3.05, 3.63) is 30.0 Å². The average molecular weight is 282 g/mol. The fraction of sp³-hybridized carbons (Fsp3) is 0.412. The topological polar surface area (TPSA) is 52.0 Å². The number of nitrogens with zero attached hydrogens (tertiary/aromatic N) is 3. The number of hydrogen-bond donors (Lipinski definition) is 1. The van der Waals surface area contributed by atoms with Crippen molar-refractivity contribution >= 4 is 22.3 Å². The highest BCUT2D eigenvalue weighted by atomic mass is 15.1. The minimum Gasteiger partial charge on any atom is -0.383 e. The Morgan fingerprint density at radius 2 is 2.00 bits per heavy atom. The molecule has 0 aliphatic heterocycles. The third kappa shape index (κ3) is 3.08. The Morgan fingerprint density at radius 1 is 1.24 bits per heavy atom. The van der Waals surface area contributed by atoms with Gasteiger partial charge in [-0.3, -0.25) is 4.98 Å². The van der Waals surface area contributed by atoms with Crippen molar-refractivity contribution in [2.45, 2.75) is 27.2 Å². The Hall–Kier alpha value is -2.28. The van der Waals surface area contributed by atoms with E-state index in [1.807, 2.05) is 6.07 Å². The van der Waals surface area contributed by atoms with E-state index < -0.39 is 0 Å². The number of benzene rings is 1. The van der Waals surface area contributed by atoms with Gasteiger partial charge < -0.3 is 10.2 Å². The normalized spacial score (nSPS) is 10.4. The van der Waals surface area contributed by atoms with Crippen LogP contribution < -0.4 is 10.2 Å². The van der Waals surface area contributed by atoms with E-state index in [4.69, 9.17) is 0 Å². The first-order valence-corrected chi connectivity index (χ1v) is 7.56. The smallest absolute Gasteiger partial charge is 0.103 e. The van der Waals surface area contributed by atoms with Gasteiger partial charge in [-0.25, -0.2) is 0 Å². The van der Waals surface area contributed by atoms with Gasteiger partial charge in [-0.05, 0) is 38.5 Å². The highest BCUT2D eigenvalue weighted by molar-refractivity contribution is 5.96. The van der Waals surface area contributed by atoms with Gasteiger partial charge in [0.1, 0.15) is 6.07 Å². The summed E-state index contributed by atoms with van der Waals surface area (Å²) in [5.74, 6) is 0. The summed E-state index contributed by atoms with van der Waals surface area (Å²) in [5.41, 5.74) is 3.60. The fourth-order valence-corrected chi connectivity index (χ4v) is 2.49. The molecule has 0 fully saturated rings. The zero-order chi connectivity index (χ0) is 15.2. The van der Waals surface area contributed by atoms with Crippen LogP contribution in [0.25, 0.3) is 10.9 Å². The van der Waals surface area contributed by atoms with Gasteiger partial charge in [-0.15, -0.1) is 0 Å². The predicted octanol–water partition coefficient (Wildman–Crippen LogP) is 3.77. The van der Waals surface area contributed by atoms with Crippen LogP contribution in [-0.2, 0) is 0 Å². The number of rotatable bonds is 6. The molecule has 1 heterocycles. The molecule has 4 heteroatoms. The summed E-state index contributed by atoms with van der Waals surface area (Å²) in [7, 11) is 0. The summed E-state index contributed by atoms with van der Waals surface area (Å²) in [6.07, 6.45) is 2.67. The van der Waals surface area contributed by atoms with Crippen molar-refractivity contribution in [3.8, 4) is 6.07 Å². The second kappa shape index (κ2) is 6.94. The maximum atomic E-state index is 9.31. The van der Waals surface area contributed by atoms with E-state index in [0.717, 1.165) is 42.6 Å². The molecule has 2 rings (SSSR count). The van der Waals surface area contributed by atoms with Crippen molar-refractivity contribution < 1.29 is 0 Å². The molecule has 1 aromatic heterocycles. The van der Waals surface area contributed by atoms with Crippen LogP contribution in [0.15, 0.2) is 24.4 Å². The molecule has 2 aromatic rings. The highest BCUT2D eigenvalue weighted by Gasteiger charge is 2.10. The van der Waals surface area contributed by atoms with E-state index in [1.54, 1.807) is 6.20 Å². The minimum atomic E-state index is 0.604. The molecule has 0 aliphatic carbocycles. The van der Waals surface area contributed by atoms with Crippen LogP contribution in [0, 0.1) is 11.3 Å². The molecule has 0 saturated carbocycles. The summed E-state index contributed by atoms with van der Waals surface area (Å²) >= 11 is 0. The quantitative estimate of drug-likeness (QED) is 0.876.